The number of hydrogen-bond donors (Lipinski definition) is 2. The van der Waals surface area contributed by atoms with Gasteiger partial charge in [0.05, 0.1) is 6.54 Å². The summed E-state index contributed by atoms with van der Waals surface area (Å²) in [4.78, 5) is 11.4. The Labute approximate surface area is 125 Å². The fraction of sp³-hybridized carbons (Fsp3) is 0.400. The topological polar surface area (TPSA) is 79.5 Å². The number of nitrogens with one attached hydrogen (secondary N) is 1. The van der Waals surface area contributed by atoms with Crippen LogP contribution in [0, 0.1) is 0 Å². The number of carboxylic acids is 1. The monoisotopic (exact) mass is 309 g/mol. The summed E-state index contributed by atoms with van der Waals surface area (Å²) in [5.41, 5.74) is 0.792. The van der Waals surface area contributed by atoms with E-state index in [0.29, 0.717) is 29.8 Å². The smallest absolute Gasteiger partial charge is 0.339 e. The summed E-state index contributed by atoms with van der Waals surface area (Å²) in [7, 11) is -0.840. The molecule has 0 aliphatic rings. The van der Waals surface area contributed by atoms with Gasteiger partial charge >= 0.3 is 5.97 Å². The maximum absolute atomic E-state index is 11.4. The SMILES string of the molecule is CC(CCNCc1oc2ccccc2c1C(=O)O)S(C)=O. The van der Waals surface area contributed by atoms with E-state index in [4.69, 9.17) is 4.42 Å². The lowest BCUT2D eigenvalue weighted by atomic mass is 10.1. The third kappa shape index (κ3) is 3.71. The standard InChI is InChI=1S/C15H19NO4S/c1-10(21(2)19)7-8-16-9-13-14(15(17)18)11-5-3-4-6-12(11)20-13/h3-6,10,16H,7-9H2,1-2H3,(H,17,18). The van der Waals surface area contributed by atoms with Crippen LogP contribution in [-0.4, -0.2) is 33.3 Å². The molecule has 2 N–H and O–H groups in total. The van der Waals surface area contributed by atoms with Gasteiger partial charge in [0.2, 0.25) is 0 Å². The van der Waals surface area contributed by atoms with Gasteiger partial charge in [0.15, 0.2) is 0 Å². The van der Waals surface area contributed by atoms with Crippen molar-refractivity contribution in [2.75, 3.05) is 12.8 Å². The molecule has 0 aliphatic heterocycles. The van der Waals surface area contributed by atoms with Crippen molar-refractivity contribution >= 4 is 27.7 Å². The first-order chi connectivity index (χ1) is 10.0. The number of rotatable bonds is 7. The second-order valence-corrected chi connectivity index (χ2v) is 6.78. The Hall–Kier alpha value is -1.66. The minimum Gasteiger partial charge on any atom is -0.478 e. The number of carbonyl (C=O) groups is 1. The Morgan fingerprint density at radius 1 is 1.43 bits per heavy atom. The quantitative estimate of drug-likeness (QED) is 0.768. The summed E-state index contributed by atoms with van der Waals surface area (Å²) >= 11 is 0. The highest BCUT2D eigenvalue weighted by Gasteiger charge is 2.19. The van der Waals surface area contributed by atoms with Gasteiger partial charge in [-0.1, -0.05) is 25.1 Å². The van der Waals surface area contributed by atoms with Crippen molar-refractivity contribution in [2.45, 2.75) is 25.1 Å². The molecule has 0 saturated heterocycles. The van der Waals surface area contributed by atoms with E-state index in [-0.39, 0.29) is 10.8 Å². The zero-order chi connectivity index (χ0) is 15.4. The lowest BCUT2D eigenvalue weighted by molar-refractivity contribution is 0.0696. The highest BCUT2D eigenvalue weighted by molar-refractivity contribution is 7.84. The lowest BCUT2D eigenvalue weighted by Crippen LogP contribution is -2.21. The van der Waals surface area contributed by atoms with E-state index in [1.54, 1.807) is 24.5 Å². The Balaban J connectivity index is 2.06. The van der Waals surface area contributed by atoms with Crippen LogP contribution >= 0.6 is 0 Å². The van der Waals surface area contributed by atoms with E-state index >= 15 is 0 Å². The van der Waals surface area contributed by atoms with Crippen LogP contribution in [0.25, 0.3) is 11.0 Å². The molecule has 1 aromatic carbocycles. The second-order valence-electron chi connectivity index (χ2n) is 4.98. The van der Waals surface area contributed by atoms with Crippen LogP contribution in [0.3, 0.4) is 0 Å². The van der Waals surface area contributed by atoms with E-state index in [2.05, 4.69) is 5.32 Å². The summed E-state index contributed by atoms with van der Waals surface area (Å²) < 4.78 is 16.9. The van der Waals surface area contributed by atoms with Crippen molar-refractivity contribution in [1.82, 2.24) is 5.32 Å². The molecule has 0 saturated carbocycles. The van der Waals surface area contributed by atoms with Gasteiger partial charge in [-0.2, -0.15) is 0 Å². The minimum atomic E-state index is -0.986. The van der Waals surface area contributed by atoms with Crippen molar-refractivity contribution in [1.29, 1.82) is 0 Å². The van der Waals surface area contributed by atoms with Crippen LogP contribution < -0.4 is 5.32 Å². The first-order valence-corrected chi connectivity index (χ1v) is 8.39. The van der Waals surface area contributed by atoms with E-state index in [1.807, 2.05) is 13.0 Å². The van der Waals surface area contributed by atoms with Crippen LogP contribution in [0.2, 0.25) is 0 Å². The van der Waals surface area contributed by atoms with Crippen molar-refractivity contribution in [2.24, 2.45) is 0 Å². The average molecular weight is 309 g/mol. The summed E-state index contributed by atoms with van der Waals surface area (Å²) in [6.07, 6.45) is 2.46. The molecule has 0 spiro atoms. The molecule has 2 rings (SSSR count). The molecule has 1 aromatic heterocycles. The van der Waals surface area contributed by atoms with Gasteiger partial charge in [0.25, 0.3) is 0 Å². The third-order valence-electron chi connectivity index (χ3n) is 3.46. The maximum Gasteiger partial charge on any atom is 0.339 e. The molecule has 21 heavy (non-hydrogen) atoms. The fourth-order valence-electron chi connectivity index (χ4n) is 2.13. The zero-order valence-corrected chi connectivity index (χ0v) is 12.9. The summed E-state index contributed by atoms with van der Waals surface area (Å²) in [5.74, 6) is -0.561. The van der Waals surface area contributed by atoms with Gasteiger partial charge in [-0.3, -0.25) is 4.21 Å². The first kappa shape index (κ1) is 15.7. The number of para-hydroxylation sites is 1. The number of aromatic carboxylic acids is 1. The van der Waals surface area contributed by atoms with E-state index < -0.39 is 16.8 Å². The van der Waals surface area contributed by atoms with Crippen LogP contribution in [-0.2, 0) is 17.3 Å². The second kappa shape index (κ2) is 6.87. The molecule has 0 radical (unpaired) electrons. The molecule has 0 fully saturated rings. The fourth-order valence-corrected chi connectivity index (χ4v) is 2.58. The van der Waals surface area contributed by atoms with Crippen molar-refractivity contribution < 1.29 is 18.5 Å². The van der Waals surface area contributed by atoms with Gasteiger partial charge in [-0.05, 0) is 19.0 Å². The van der Waals surface area contributed by atoms with Crippen LogP contribution in [0.1, 0.15) is 29.5 Å². The molecule has 6 heteroatoms. The minimum absolute atomic E-state index is 0.118. The third-order valence-corrected chi connectivity index (χ3v) is 4.83. The van der Waals surface area contributed by atoms with Crippen molar-refractivity contribution in [3.05, 3.63) is 35.6 Å². The van der Waals surface area contributed by atoms with E-state index in [0.717, 1.165) is 6.42 Å². The summed E-state index contributed by atoms with van der Waals surface area (Å²) in [6, 6.07) is 7.11. The molecular weight excluding hydrogens is 290 g/mol. The summed E-state index contributed by atoms with van der Waals surface area (Å²) in [6.45, 7) is 2.94. The molecule has 5 nitrogen and oxygen atoms in total. The Morgan fingerprint density at radius 3 is 2.81 bits per heavy atom. The van der Waals surface area contributed by atoms with Crippen molar-refractivity contribution in [3.63, 3.8) is 0 Å². The molecule has 2 aromatic rings. The summed E-state index contributed by atoms with van der Waals surface area (Å²) in [5, 5.41) is 13.2. The van der Waals surface area contributed by atoms with Gasteiger partial charge < -0.3 is 14.8 Å². The molecule has 2 atom stereocenters. The molecule has 0 aliphatic carbocycles. The number of hydrogen-bond acceptors (Lipinski definition) is 4. The van der Waals surface area contributed by atoms with Crippen LogP contribution in [0.4, 0.5) is 0 Å². The largest absolute Gasteiger partial charge is 0.478 e. The first-order valence-electron chi connectivity index (χ1n) is 6.77. The molecule has 0 amide bonds. The predicted molar refractivity (Wildman–Crippen MR) is 83.0 cm³/mol. The van der Waals surface area contributed by atoms with Gasteiger partial charge in [0, 0.05) is 27.7 Å². The molecule has 114 valence electrons. The Bertz CT molecular complexity index is 665. The van der Waals surface area contributed by atoms with Gasteiger partial charge in [-0.15, -0.1) is 0 Å². The van der Waals surface area contributed by atoms with E-state index in [9.17, 15) is 14.1 Å². The van der Waals surface area contributed by atoms with Crippen LogP contribution in [0.15, 0.2) is 28.7 Å². The zero-order valence-electron chi connectivity index (χ0n) is 12.1. The molecular formula is C15H19NO4S. The number of benzene rings is 1. The highest BCUT2D eigenvalue weighted by Crippen LogP contribution is 2.25. The lowest BCUT2D eigenvalue weighted by Gasteiger charge is -2.08. The molecule has 1 heterocycles. The molecule has 0 bridgehead atoms. The Kier molecular flexibility index (Phi) is 5.14. The maximum atomic E-state index is 11.4. The van der Waals surface area contributed by atoms with Crippen LogP contribution in [0.5, 0.6) is 0 Å². The van der Waals surface area contributed by atoms with Crippen molar-refractivity contribution in [3.8, 4) is 0 Å². The average Bonchev–Trinajstić information content (AvgIpc) is 2.81. The predicted octanol–water partition coefficient (Wildman–Crippen LogP) is 2.38. The normalized spacial score (nSPS) is 14.2. The Morgan fingerprint density at radius 2 is 2.14 bits per heavy atom. The van der Waals surface area contributed by atoms with Gasteiger partial charge in [-0.25, -0.2) is 4.79 Å². The number of furan rings is 1. The molecule has 2 unspecified atom stereocenters. The number of fused-ring (bicyclic) bond motifs is 1. The van der Waals surface area contributed by atoms with E-state index in [1.165, 1.54) is 0 Å². The highest BCUT2D eigenvalue weighted by atomic mass is 32.2. The number of carboxylic acid groups (broad SMARTS) is 1. The van der Waals surface area contributed by atoms with Gasteiger partial charge in [0.1, 0.15) is 16.9 Å².